The van der Waals surface area contributed by atoms with Crippen molar-refractivity contribution in [2.45, 2.75) is 6.54 Å². The first kappa shape index (κ1) is 19.3. The molecule has 0 heterocycles. The van der Waals surface area contributed by atoms with E-state index in [0.717, 1.165) is 5.56 Å². The number of benzene rings is 3. The first-order valence-corrected chi connectivity index (χ1v) is 8.84. The zero-order chi connectivity index (χ0) is 19.9. The third-order valence-corrected chi connectivity index (χ3v) is 4.27. The van der Waals surface area contributed by atoms with Crippen molar-refractivity contribution in [1.82, 2.24) is 4.90 Å². The summed E-state index contributed by atoms with van der Waals surface area (Å²) in [6.45, 7) is 0.419. The lowest BCUT2D eigenvalue weighted by Gasteiger charge is -2.17. The maximum absolute atomic E-state index is 13.0. The fourth-order valence-corrected chi connectivity index (χ4v) is 2.67. The first-order chi connectivity index (χ1) is 13.5. The third kappa shape index (κ3) is 5.04. The van der Waals surface area contributed by atoms with E-state index in [1.807, 2.05) is 30.3 Å². The maximum atomic E-state index is 13.0. The zero-order valence-electron chi connectivity index (χ0n) is 15.5. The molecule has 0 radical (unpaired) electrons. The lowest BCUT2D eigenvalue weighted by molar-refractivity contribution is -0.132. The standard InChI is InChI=1S/C23H20FNO3/c1-25(15-17-5-3-2-4-6-17)22(26)16-28-21-13-9-19(10-14-21)23(27)18-7-11-20(24)12-8-18/h2-14H,15-16H2,1H3. The molecule has 3 aromatic carbocycles. The molecule has 0 unspecified atom stereocenters. The average Bonchev–Trinajstić information content (AvgIpc) is 2.73. The van der Waals surface area contributed by atoms with Gasteiger partial charge in [-0.1, -0.05) is 30.3 Å². The number of hydrogen-bond acceptors (Lipinski definition) is 3. The van der Waals surface area contributed by atoms with Gasteiger partial charge in [-0.05, 0) is 54.1 Å². The number of carbonyl (C=O) groups is 2. The van der Waals surface area contributed by atoms with Crippen molar-refractivity contribution in [1.29, 1.82) is 0 Å². The molecule has 0 N–H and O–H groups in total. The summed E-state index contributed by atoms with van der Waals surface area (Å²) in [5.41, 5.74) is 1.92. The number of amides is 1. The molecule has 0 saturated heterocycles. The van der Waals surface area contributed by atoms with Crippen LogP contribution in [0.2, 0.25) is 0 Å². The highest BCUT2D eigenvalue weighted by molar-refractivity contribution is 6.09. The van der Waals surface area contributed by atoms with Gasteiger partial charge in [0.15, 0.2) is 12.4 Å². The normalized spacial score (nSPS) is 10.4. The summed E-state index contributed by atoms with van der Waals surface area (Å²) in [6, 6.07) is 21.6. The molecule has 0 atom stereocenters. The first-order valence-electron chi connectivity index (χ1n) is 8.84. The highest BCUT2D eigenvalue weighted by Crippen LogP contribution is 2.16. The fraction of sp³-hybridized carbons (Fsp3) is 0.130. The molecule has 5 heteroatoms. The van der Waals surface area contributed by atoms with Crippen molar-refractivity contribution in [2.24, 2.45) is 0 Å². The number of rotatable bonds is 7. The van der Waals surface area contributed by atoms with E-state index in [1.54, 1.807) is 36.2 Å². The van der Waals surface area contributed by atoms with Crippen LogP contribution in [0.4, 0.5) is 4.39 Å². The van der Waals surface area contributed by atoms with Crippen molar-refractivity contribution < 1.29 is 18.7 Å². The predicted molar refractivity (Wildman–Crippen MR) is 105 cm³/mol. The van der Waals surface area contributed by atoms with E-state index in [-0.39, 0.29) is 24.1 Å². The summed E-state index contributed by atoms with van der Waals surface area (Å²) in [4.78, 5) is 26.2. The molecule has 3 rings (SSSR count). The molecule has 142 valence electrons. The van der Waals surface area contributed by atoms with Crippen LogP contribution in [0.15, 0.2) is 78.9 Å². The highest BCUT2D eigenvalue weighted by Gasteiger charge is 2.12. The monoisotopic (exact) mass is 377 g/mol. The Labute approximate surface area is 163 Å². The van der Waals surface area contributed by atoms with Crippen LogP contribution >= 0.6 is 0 Å². The van der Waals surface area contributed by atoms with Crippen molar-refractivity contribution in [2.75, 3.05) is 13.7 Å². The van der Waals surface area contributed by atoms with Gasteiger partial charge in [-0.2, -0.15) is 0 Å². The second kappa shape index (κ2) is 8.95. The van der Waals surface area contributed by atoms with Crippen molar-refractivity contribution in [3.05, 3.63) is 101 Å². The van der Waals surface area contributed by atoms with Gasteiger partial charge >= 0.3 is 0 Å². The Morgan fingerprint density at radius 1 is 0.857 bits per heavy atom. The molecule has 4 nitrogen and oxygen atoms in total. The van der Waals surface area contributed by atoms with Crippen LogP contribution < -0.4 is 4.74 Å². The molecule has 0 aliphatic carbocycles. The zero-order valence-corrected chi connectivity index (χ0v) is 15.5. The Kier molecular flexibility index (Phi) is 6.17. The molecule has 1 amide bonds. The number of hydrogen-bond donors (Lipinski definition) is 0. The number of ether oxygens (including phenoxy) is 1. The molecular weight excluding hydrogens is 357 g/mol. The van der Waals surface area contributed by atoms with Crippen LogP contribution in [0, 0.1) is 5.82 Å². The summed E-state index contributed by atoms with van der Waals surface area (Å²) < 4.78 is 18.5. The minimum Gasteiger partial charge on any atom is -0.484 e. The number of ketones is 1. The van der Waals surface area contributed by atoms with Crippen LogP contribution in [0.3, 0.4) is 0 Å². The SMILES string of the molecule is CN(Cc1ccccc1)C(=O)COc1ccc(C(=O)c2ccc(F)cc2)cc1. The average molecular weight is 377 g/mol. The quantitative estimate of drug-likeness (QED) is 0.583. The lowest BCUT2D eigenvalue weighted by atomic mass is 10.0. The summed E-state index contributed by atoms with van der Waals surface area (Å²) in [5, 5.41) is 0. The predicted octanol–water partition coefficient (Wildman–Crippen LogP) is 4.09. The van der Waals surface area contributed by atoms with Gasteiger partial charge in [-0.15, -0.1) is 0 Å². The number of likely N-dealkylation sites (N-methyl/N-ethyl adjacent to an activating group) is 1. The minimum absolute atomic E-state index is 0.0887. The van der Waals surface area contributed by atoms with Gasteiger partial charge in [0.25, 0.3) is 5.91 Å². The number of carbonyl (C=O) groups excluding carboxylic acids is 2. The van der Waals surface area contributed by atoms with Gasteiger partial charge in [-0.25, -0.2) is 4.39 Å². The third-order valence-electron chi connectivity index (χ3n) is 4.27. The van der Waals surface area contributed by atoms with Crippen LogP contribution in [0.1, 0.15) is 21.5 Å². The van der Waals surface area contributed by atoms with E-state index in [0.29, 0.717) is 23.4 Å². The van der Waals surface area contributed by atoms with E-state index in [4.69, 9.17) is 4.74 Å². The maximum Gasteiger partial charge on any atom is 0.260 e. The largest absolute Gasteiger partial charge is 0.484 e. The molecule has 0 aliphatic rings. The molecule has 0 aromatic heterocycles. The smallest absolute Gasteiger partial charge is 0.260 e. The lowest BCUT2D eigenvalue weighted by Crippen LogP contribution is -2.30. The van der Waals surface area contributed by atoms with Crippen molar-refractivity contribution >= 4 is 11.7 Å². The Bertz CT molecular complexity index is 938. The Morgan fingerprint density at radius 3 is 2.04 bits per heavy atom. The van der Waals surface area contributed by atoms with Crippen LogP contribution in [0.5, 0.6) is 5.75 Å². The molecule has 0 bridgehead atoms. The molecular formula is C23H20FNO3. The van der Waals surface area contributed by atoms with Crippen LogP contribution in [-0.2, 0) is 11.3 Å². The number of nitrogens with zero attached hydrogens (tertiary/aromatic N) is 1. The molecule has 3 aromatic rings. The Hall–Kier alpha value is -3.47. The summed E-state index contributed by atoms with van der Waals surface area (Å²) in [5.74, 6) is -0.236. The molecule has 0 saturated carbocycles. The van der Waals surface area contributed by atoms with Crippen molar-refractivity contribution in [3.8, 4) is 5.75 Å². The second-order valence-corrected chi connectivity index (χ2v) is 6.38. The van der Waals surface area contributed by atoms with Gasteiger partial charge in [0.2, 0.25) is 0 Å². The minimum atomic E-state index is -0.387. The Balaban J connectivity index is 1.54. The van der Waals surface area contributed by atoms with Crippen LogP contribution in [0.25, 0.3) is 0 Å². The van der Waals surface area contributed by atoms with E-state index in [1.165, 1.54) is 24.3 Å². The van der Waals surface area contributed by atoms with Gasteiger partial charge in [0.1, 0.15) is 11.6 Å². The van der Waals surface area contributed by atoms with Crippen molar-refractivity contribution in [3.63, 3.8) is 0 Å². The molecule has 0 spiro atoms. The van der Waals surface area contributed by atoms with E-state index >= 15 is 0 Å². The molecule has 0 aliphatic heterocycles. The highest BCUT2D eigenvalue weighted by atomic mass is 19.1. The molecule has 0 fully saturated rings. The topological polar surface area (TPSA) is 46.6 Å². The van der Waals surface area contributed by atoms with Gasteiger partial charge in [0, 0.05) is 24.7 Å². The fourth-order valence-electron chi connectivity index (χ4n) is 2.67. The van der Waals surface area contributed by atoms with E-state index < -0.39 is 0 Å². The molecule has 28 heavy (non-hydrogen) atoms. The Morgan fingerprint density at radius 2 is 1.43 bits per heavy atom. The second-order valence-electron chi connectivity index (χ2n) is 6.38. The van der Waals surface area contributed by atoms with E-state index in [9.17, 15) is 14.0 Å². The van der Waals surface area contributed by atoms with Gasteiger partial charge in [0.05, 0.1) is 0 Å². The summed E-state index contributed by atoms with van der Waals surface area (Å²) >= 11 is 0. The summed E-state index contributed by atoms with van der Waals surface area (Å²) in [6.07, 6.45) is 0. The van der Waals surface area contributed by atoms with Gasteiger partial charge < -0.3 is 9.64 Å². The number of halogens is 1. The summed E-state index contributed by atoms with van der Waals surface area (Å²) in [7, 11) is 1.73. The van der Waals surface area contributed by atoms with E-state index in [2.05, 4.69) is 0 Å². The van der Waals surface area contributed by atoms with Crippen LogP contribution in [-0.4, -0.2) is 30.2 Å². The van der Waals surface area contributed by atoms with Gasteiger partial charge in [-0.3, -0.25) is 9.59 Å².